The highest BCUT2D eigenvalue weighted by Crippen LogP contribution is 2.42. The zero-order valence-electron chi connectivity index (χ0n) is 13.0. The second-order valence-corrected chi connectivity index (χ2v) is 7.04. The van der Waals surface area contributed by atoms with Crippen LogP contribution >= 0.6 is 23.2 Å². The van der Waals surface area contributed by atoms with Crippen molar-refractivity contribution in [2.75, 3.05) is 11.1 Å². The molecule has 0 atom stereocenters. The standard InChI is InChI=1S/C16H18Cl2N6/c17-11-6-10(23-15-13(18)14(19)20-9-21-15)8-24-12(11)7-22-16(24)4-2-1-3-5-16/h6-9,22H,1-5H2,(H3,19,20,21,23). The van der Waals surface area contributed by atoms with Gasteiger partial charge in [0.15, 0.2) is 5.82 Å². The number of aromatic nitrogens is 2. The van der Waals surface area contributed by atoms with Gasteiger partial charge in [0, 0.05) is 12.4 Å². The third-order valence-electron chi connectivity index (χ3n) is 4.75. The summed E-state index contributed by atoms with van der Waals surface area (Å²) in [5, 5.41) is 7.72. The van der Waals surface area contributed by atoms with E-state index >= 15 is 0 Å². The van der Waals surface area contributed by atoms with Crippen LogP contribution in [-0.4, -0.2) is 20.5 Å². The lowest BCUT2D eigenvalue weighted by atomic mass is 9.88. The Morgan fingerprint density at radius 2 is 2.00 bits per heavy atom. The van der Waals surface area contributed by atoms with E-state index < -0.39 is 0 Å². The molecule has 0 radical (unpaired) electrons. The van der Waals surface area contributed by atoms with Gasteiger partial charge < -0.3 is 21.3 Å². The number of fused-ring (bicyclic) bond motifs is 2. The molecule has 6 nitrogen and oxygen atoms in total. The molecule has 1 spiro atoms. The number of rotatable bonds is 2. The van der Waals surface area contributed by atoms with Gasteiger partial charge in [-0.1, -0.05) is 29.6 Å². The van der Waals surface area contributed by atoms with E-state index in [1.165, 1.54) is 25.6 Å². The van der Waals surface area contributed by atoms with Crippen LogP contribution < -0.4 is 16.4 Å². The van der Waals surface area contributed by atoms with Crippen LogP contribution in [0.2, 0.25) is 5.02 Å². The first-order valence-corrected chi connectivity index (χ1v) is 8.74. The van der Waals surface area contributed by atoms with Crippen molar-refractivity contribution in [1.82, 2.24) is 20.2 Å². The molecule has 3 heterocycles. The third kappa shape index (κ3) is 2.50. The zero-order chi connectivity index (χ0) is 16.7. The van der Waals surface area contributed by atoms with Gasteiger partial charge in [-0.15, -0.1) is 0 Å². The third-order valence-corrected chi connectivity index (χ3v) is 5.43. The highest BCUT2D eigenvalue weighted by atomic mass is 35.5. The summed E-state index contributed by atoms with van der Waals surface area (Å²) in [6.07, 6.45) is 13.2. The fourth-order valence-electron chi connectivity index (χ4n) is 3.53. The first-order valence-electron chi connectivity index (χ1n) is 7.99. The summed E-state index contributed by atoms with van der Waals surface area (Å²) in [5.41, 5.74) is 7.47. The molecule has 0 unspecified atom stereocenters. The summed E-state index contributed by atoms with van der Waals surface area (Å²) in [7, 11) is 0. The van der Waals surface area contributed by atoms with Crippen LogP contribution in [0.3, 0.4) is 0 Å². The fourth-order valence-corrected chi connectivity index (χ4v) is 3.94. The highest BCUT2D eigenvalue weighted by molar-refractivity contribution is 6.35. The van der Waals surface area contributed by atoms with Gasteiger partial charge in [0.25, 0.3) is 0 Å². The lowest BCUT2D eigenvalue weighted by Crippen LogP contribution is -2.51. The van der Waals surface area contributed by atoms with Crippen molar-refractivity contribution in [2.24, 2.45) is 0 Å². The number of anilines is 2. The minimum Gasteiger partial charge on any atom is -0.382 e. The van der Waals surface area contributed by atoms with Crippen molar-refractivity contribution < 1.29 is 0 Å². The number of halogens is 2. The van der Waals surface area contributed by atoms with Crippen LogP contribution in [0.15, 0.2) is 41.2 Å². The SMILES string of the molecule is Nc1ncnc(NC2=CN3C(=CNC34CCCCC4)C(Cl)=C2)c1Cl. The maximum atomic E-state index is 6.49. The summed E-state index contributed by atoms with van der Waals surface area (Å²) < 4.78 is 0. The Morgan fingerprint density at radius 1 is 1.21 bits per heavy atom. The molecule has 1 saturated carbocycles. The fraction of sp³-hybridized carbons (Fsp3) is 0.375. The molecular formula is C16H18Cl2N6. The normalized spacial score (nSPS) is 21.6. The zero-order valence-corrected chi connectivity index (χ0v) is 14.5. The Morgan fingerprint density at radius 3 is 2.79 bits per heavy atom. The number of hydrogen-bond acceptors (Lipinski definition) is 6. The predicted octanol–water partition coefficient (Wildman–Crippen LogP) is 3.51. The van der Waals surface area contributed by atoms with E-state index in [-0.39, 0.29) is 11.5 Å². The van der Waals surface area contributed by atoms with Crippen LogP contribution in [0, 0.1) is 0 Å². The molecular weight excluding hydrogens is 347 g/mol. The van der Waals surface area contributed by atoms with Crippen LogP contribution in [0.25, 0.3) is 0 Å². The highest BCUT2D eigenvalue weighted by Gasteiger charge is 2.43. The lowest BCUT2D eigenvalue weighted by Gasteiger charge is -2.43. The number of nitrogens with two attached hydrogens (primary N) is 1. The van der Waals surface area contributed by atoms with Crippen molar-refractivity contribution in [3.05, 3.63) is 46.3 Å². The minimum atomic E-state index is -0.0800. The molecule has 3 aliphatic rings. The molecule has 126 valence electrons. The molecule has 1 aromatic rings. The van der Waals surface area contributed by atoms with Gasteiger partial charge >= 0.3 is 0 Å². The Labute approximate surface area is 150 Å². The van der Waals surface area contributed by atoms with E-state index in [1.807, 2.05) is 12.3 Å². The van der Waals surface area contributed by atoms with E-state index in [4.69, 9.17) is 28.9 Å². The second-order valence-electron chi connectivity index (χ2n) is 6.26. The van der Waals surface area contributed by atoms with Crippen molar-refractivity contribution in [2.45, 2.75) is 37.8 Å². The summed E-state index contributed by atoms with van der Waals surface area (Å²) in [6.45, 7) is 0. The van der Waals surface area contributed by atoms with Gasteiger partial charge in [0.05, 0.1) is 16.4 Å². The first-order chi connectivity index (χ1) is 11.6. The lowest BCUT2D eigenvalue weighted by molar-refractivity contribution is 0.126. The maximum absolute atomic E-state index is 6.49. The van der Waals surface area contributed by atoms with Gasteiger partial charge in [-0.05, 0) is 31.8 Å². The molecule has 0 bridgehead atoms. The summed E-state index contributed by atoms with van der Waals surface area (Å²) >= 11 is 12.7. The monoisotopic (exact) mass is 364 g/mol. The smallest absolute Gasteiger partial charge is 0.154 e. The van der Waals surface area contributed by atoms with Gasteiger partial charge in [-0.3, -0.25) is 0 Å². The maximum Gasteiger partial charge on any atom is 0.154 e. The molecule has 0 amide bonds. The first kappa shape index (κ1) is 15.6. The van der Waals surface area contributed by atoms with Gasteiger partial charge in [0.2, 0.25) is 0 Å². The molecule has 24 heavy (non-hydrogen) atoms. The summed E-state index contributed by atoms with van der Waals surface area (Å²) in [4.78, 5) is 10.3. The predicted molar refractivity (Wildman–Crippen MR) is 96.0 cm³/mol. The molecule has 4 rings (SSSR count). The van der Waals surface area contributed by atoms with Gasteiger partial charge in [-0.25, -0.2) is 9.97 Å². The molecule has 1 aromatic heterocycles. The second kappa shape index (κ2) is 5.86. The average molecular weight is 365 g/mol. The summed E-state index contributed by atoms with van der Waals surface area (Å²) in [6, 6.07) is 0. The number of nitrogens with zero attached hydrogens (tertiary/aromatic N) is 3. The van der Waals surface area contributed by atoms with E-state index in [2.05, 4.69) is 31.7 Å². The molecule has 1 fully saturated rings. The molecule has 1 aliphatic carbocycles. The number of nitrogen functional groups attached to an aromatic ring is 1. The van der Waals surface area contributed by atoms with Gasteiger partial charge in [-0.2, -0.15) is 0 Å². The minimum absolute atomic E-state index is 0.0800. The molecule has 2 aliphatic heterocycles. The Hall–Kier alpha value is -1.92. The molecule has 4 N–H and O–H groups in total. The molecule has 0 saturated heterocycles. The van der Waals surface area contributed by atoms with E-state index in [0.717, 1.165) is 24.2 Å². The molecule has 8 heteroatoms. The average Bonchev–Trinajstić information content (AvgIpc) is 2.92. The van der Waals surface area contributed by atoms with E-state index in [9.17, 15) is 0 Å². The van der Waals surface area contributed by atoms with E-state index in [1.54, 1.807) is 0 Å². The van der Waals surface area contributed by atoms with Crippen LogP contribution in [0.5, 0.6) is 0 Å². The van der Waals surface area contributed by atoms with Crippen LogP contribution in [-0.2, 0) is 0 Å². The Bertz CT molecular complexity index is 764. The number of nitrogens with one attached hydrogen (secondary N) is 2. The van der Waals surface area contributed by atoms with Crippen molar-refractivity contribution in [1.29, 1.82) is 0 Å². The Kier molecular flexibility index (Phi) is 3.81. The summed E-state index contributed by atoms with van der Waals surface area (Å²) in [5.74, 6) is 0.709. The quantitative estimate of drug-likeness (QED) is 0.745. The molecule has 0 aromatic carbocycles. The van der Waals surface area contributed by atoms with Crippen molar-refractivity contribution >= 4 is 34.8 Å². The topological polar surface area (TPSA) is 79.1 Å². The largest absolute Gasteiger partial charge is 0.382 e. The van der Waals surface area contributed by atoms with Crippen molar-refractivity contribution in [3.63, 3.8) is 0 Å². The van der Waals surface area contributed by atoms with Crippen molar-refractivity contribution in [3.8, 4) is 0 Å². The number of hydrogen-bond donors (Lipinski definition) is 3. The van der Waals surface area contributed by atoms with Gasteiger partial charge in [0.1, 0.15) is 22.8 Å². The van der Waals surface area contributed by atoms with Crippen LogP contribution in [0.4, 0.5) is 11.6 Å². The Balaban J connectivity index is 1.65. The van der Waals surface area contributed by atoms with E-state index in [0.29, 0.717) is 15.9 Å². The van der Waals surface area contributed by atoms with Crippen LogP contribution in [0.1, 0.15) is 32.1 Å². The number of allylic oxidation sites excluding steroid dienone is 2.